The fourth-order valence-electron chi connectivity index (χ4n) is 10.8. The van der Waals surface area contributed by atoms with E-state index in [4.69, 9.17) is 23.7 Å². The Kier molecular flexibility index (Phi) is 9.56. The third kappa shape index (κ3) is 5.93. The zero-order chi connectivity index (χ0) is 34.1. The van der Waals surface area contributed by atoms with Crippen LogP contribution in [-0.2, 0) is 33.3 Å². The Morgan fingerprint density at radius 3 is 2.30 bits per heavy atom. The van der Waals surface area contributed by atoms with Crippen LogP contribution in [0.15, 0.2) is 0 Å². The van der Waals surface area contributed by atoms with Crippen LogP contribution in [0.2, 0.25) is 0 Å². The molecule has 2 aliphatic heterocycles. The van der Waals surface area contributed by atoms with Crippen molar-refractivity contribution in [3.05, 3.63) is 0 Å². The van der Waals surface area contributed by atoms with E-state index in [1.165, 1.54) is 6.92 Å². The Bertz CT molecular complexity index is 1190. The van der Waals surface area contributed by atoms with E-state index >= 15 is 0 Å². The van der Waals surface area contributed by atoms with Gasteiger partial charge in [0.25, 0.3) is 0 Å². The first-order valence-corrected chi connectivity index (χ1v) is 17.1. The van der Waals surface area contributed by atoms with E-state index in [0.717, 1.165) is 44.9 Å². The van der Waals surface area contributed by atoms with Gasteiger partial charge in [0.1, 0.15) is 54.9 Å². The average molecular weight is 673 g/mol. The van der Waals surface area contributed by atoms with Gasteiger partial charge in [0.15, 0.2) is 6.29 Å². The summed E-state index contributed by atoms with van der Waals surface area (Å²) < 4.78 is 27.6. The molecular weight excluding hydrogens is 620 g/mol. The summed E-state index contributed by atoms with van der Waals surface area (Å²) in [5, 5.41) is 73.5. The molecule has 0 radical (unpaired) electrons. The summed E-state index contributed by atoms with van der Waals surface area (Å²) in [4.78, 5) is 25.7. The summed E-state index contributed by atoms with van der Waals surface area (Å²) in [6.45, 7) is 4.76. The molecule has 2 heterocycles. The largest absolute Gasteiger partial charge is 0.463 e. The van der Waals surface area contributed by atoms with Crippen LogP contribution in [0.4, 0.5) is 0 Å². The zero-order valence-electron chi connectivity index (χ0n) is 27.4. The molecule has 7 N–H and O–H groups in total. The number of carbonyl (C=O) groups is 2. The number of rotatable bonds is 7. The van der Waals surface area contributed by atoms with Crippen molar-refractivity contribution < 1.29 is 69.0 Å². The second kappa shape index (κ2) is 12.7. The number of hydrogen-bond acceptors (Lipinski definition) is 14. The summed E-state index contributed by atoms with van der Waals surface area (Å²) in [7, 11) is 0. The second-order valence-electron chi connectivity index (χ2n) is 15.8. The van der Waals surface area contributed by atoms with Gasteiger partial charge in [-0.05, 0) is 86.9 Å². The molecule has 1 spiro atoms. The molecule has 0 aromatic heterocycles. The van der Waals surface area contributed by atoms with Crippen molar-refractivity contribution in [1.82, 2.24) is 0 Å². The molecule has 0 aromatic rings. The highest BCUT2D eigenvalue weighted by atomic mass is 16.7. The predicted molar refractivity (Wildman–Crippen MR) is 159 cm³/mol. The molecule has 0 aromatic carbocycles. The molecule has 2 saturated heterocycles. The van der Waals surface area contributed by atoms with Crippen LogP contribution in [0, 0.1) is 34.0 Å². The molecule has 6 fully saturated rings. The summed E-state index contributed by atoms with van der Waals surface area (Å²) >= 11 is 0. The van der Waals surface area contributed by atoms with E-state index in [9.17, 15) is 45.3 Å². The summed E-state index contributed by atoms with van der Waals surface area (Å²) in [6, 6.07) is 0. The molecule has 47 heavy (non-hydrogen) atoms. The van der Waals surface area contributed by atoms with Gasteiger partial charge in [0, 0.05) is 6.92 Å². The van der Waals surface area contributed by atoms with Crippen LogP contribution >= 0.6 is 0 Å². The Morgan fingerprint density at radius 1 is 0.851 bits per heavy atom. The van der Waals surface area contributed by atoms with Gasteiger partial charge in [0.2, 0.25) is 6.29 Å². The first-order chi connectivity index (χ1) is 22.0. The maximum absolute atomic E-state index is 14.1. The Labute approximate surface area is 274 Å². The summed E-state index contributed by atoms with van der Waals surface area (Å²) in [5.41, 5.74) is -2.31. The van der Waals surface area contributed by atoms with Crippen LogP contribution in [0.25, 0.3) is 0 Å². The molecular formula is C33H52O14. The van der Waals surface area contributed by atoms with E-state index < -0.39 is 84.9 Å². The van der Waals surface area contributed by atoms with Gasteiger partial charge in [-0.2, -0.15) is 0 Å². The fourth-order valence-corrected chi connectivity index (χ4v) is 10.8. The minimum absolute atomic E-state index is 0.00128. The molecule has 16 unspecified atom stereocenters. The lowest BCUT2D eigenvalue weighted by molar-refractivity contribution is -0.317. The highest BCUT2D eigenvalue weighted by molar-refractivity contribution is 5.77. The average Bonchev–Trinajstić information content (AvgIpc) is 3.23. The van der Waals surface area contributed by atoms with E-state index in [0.29, 0.717) is 12.8 Å². The van der Waals surface area contributed by atoms with Crippen molar-refractivity contribution in [3.8, 4) is 0 Å². The summed E-state index contributed by atoms with van der Waals surface area (Å²) in [6.07, 6.45) is -6.73. The normalized spacial score (nSPS) is 52.6. The van der Waals surface area contributed by atoms with Gasteiger partial charge in [-0.25, -0.2) is 0 Å². The Morgan fingerprint density at radius 2 is 1.57 bits per heavy atom. The SMILES string of the molecule is CC(=O)OCC1(O)CC23CCC4C(C)(C(=O)OC5OC(COC6OCC(O)C(O)C6O)C(O)C(O)C5O)CCCC4(C)C2CCC1C3. The van der Waals surface area contributed by atoms with Gasteiger partial charge < -0.3 is 59.4 Å². The minimum Gasteiger partial charge on any atom is -0.463 e. The molecule has 14 nitrogen and oxygen atoms in total. The molecule has 268 valence electrons. The van der Waals surface area contributed by atoms with Crippen LogP contribution in [0.3, 0.4) is 0 Å². The van der Waals surface area contributed by atoms with E-state index in [2.05, 4.69) is 6.92 Å². The van der Waals surface area contributed by atoms with Gasteiger partial charge >= 0.3 is 11.9 Å². The highest BCUT2D eigenvalue weighted by Crippen LogP contribution is 2.73. The second-order valence-corrected chi connectivity index (χ2v) is 15.8. The standard InChI is InChI=1S/C33H52O14/c1-16(34)45-15-33(42)14-32-10-7-20-30(2,21(32)6-5-17(33)11-32)8-4-9-31(20,3)29(41)47-28-26(40)24(38)23(37)19(46-28)13-44-27-25(39)22(36)18(35)12-43-27/h17-28,35-40,42H,4-15H2,1-3H3. The van der Waals surface area contributed by atoms with Crippen molar-refractivity contribution in [2.75, 3.05) is 19.8 Å². The zero-order valence-corrected chi connectivity index (χ0v) is 27.4. The molecule has 16 atom stereocenters. The van der Waals surface area contributed by atoms with E-state index in [1.54, 1.807) is 0 Å². The van der Waals surface area contributed by atoms with E-state index in [-0.39, 0.29) is 41.8 Å². The number of fused-ring (bicyclic) bond motifs is 3. The van der Waals surface area contributed by atoms with Crippen molar-refractivity contribution in [2.45, 2.75) is 139 Å². The third-order valence-corrected chi connectivity index (χ3v) is 13.1. The number of ether oxygens (including phenoxy) is 5. The lowest BCUT2D eigenvalue weighted by atomic mass is 9.41. The minimum atomic E-state index is -1.74. The molecule has 6 aliphatic rings. The Hall–Kier alpha value is -1.46. The van der Waals surface area contributed by atoms with Crippen molar-refractivity contribution >= 4 is 11.9 Å². The monoisotopic (exact) mass is 672 g/mol. The van der Waals surface area contributed by atoms with Gasteiger partial charge in [-0.15, -0.1) is 0 Å². The van der Waals surface area contributed by atoms with Crippen LogP contribution < -0.4 is 0 Å². The molecule has 4 saturated carbocycles. The quantitative estimate of drug-likeness (QED) is 0.170. The first-order valence-electron chi connectivity index (χ1n) is 17.1. The summed E-state index contributed by atoms with van der Waals surface area (Å²) in [5.74, 6) is -0.696. The number of aliphatic hydroxyl groups is 7. The van der Waals surface area contributed by atoms with Crippen molar-refractivity contribution in [1.29, 1.82) is 0 Å². The molecule has 0 amide bonds. The van der Waals surface area contributed by atoms with Gasteiger partial charge in [-0.3, -0.25) is 9.59 Å². The predicted octanol–water partition coefficient (Wildman–Crippen LogP) is -0.500. The van der Waals surface area contributed by atoms with Crippen molar-refractivity contribution in [2.24, 2.45) is 34.0 Å². The van der Waals surface area contributed by atoms with Crippen molar-refractivity contribution in [3.63, 3.8) is 0 Å². The molecule has 6 rings (SSSR count). The first kappa shape index (κ1) is 35.4. The topological polar surface area (TPSA) is 222 Å². The Balaban J connectivity index is 1.14. The molecule has 4 aliphatic carbocycles. The van der Waals surface area contributed by atoms with Gasteiger partial charge in [0.05, 0.1) is 18.6 Å². The molecule has 2 bridgehead atoms. The van der Waals surface area contributed by atoms with E-state index in [1.807, 2.05) is 6.92 Å². The molecule has 14 heteroatoms. The van der Waals surface area contributed by atoms with Crippen LogP contribution in [0.5, 0.6) is 0 Å². The lowest BCUT2D eigenvalue weighted by Gasteiger charge is -2.63. The maximum atomic E-state index is 14.1. The van der Waals surface area contributed by atoms with Crippen LogP contribution in [-0.4, -0.2) is 128 Å². The number of hydrogen-bond donors (Lipinski definition) is 7. The number of carbonyl (C=O) groups excluding carboxylic acids is 2. The number of esters is 2. The number of aliphatic hydroxyl groups excluding tert-OH is 6. The fraction of sp³-hybridized carbons (Fsp3) is 0.939. The highest BCUT2D eigenvalue weighted by Gasteiger charge is 2.69. The maximum Gasteiger partial charge on any atom is 0.314 e. The van der Waals surface area contributed by atoms with Crippen LogP contribution in [0.1, 0.15) is 78.6 Å². The van der Waals surface area contributed by atoms with Gasteiger partial charge in [-0.1, -0.05) is 13.3 Å². The third-order valence-electron chi connectivity index (χ3n) is 13.1. The lowest BCUT2D eigenvalue weighted by Crippen LogP contribution is -2.62. The smallest absolute Gasteiger partial charge is 0.314 e.